The quantitative estimate of drug-likeness (QED) is 0.896. The molecule has 0 radical (unpaired) electrons. The predicted molar refractivity (Wildman–Crippen MR) is 74.3 cm³/mol. The van der Waals surface area contributed by atoms with Crippen molar-refractivity contribution < 1.29 is 9.90 Å². The molecule has 1 amide bonds. The van der Waals surface area contributed by atoms with Crippen LogP contribution in [0.1, 0.15) is 31.4 Å². The van der Waals surface area contributed by atoms with E-state index in [1.807, 2.05) is 23.1 Å². The normalized spacial score (nSPS) is 21.1. The molecule has 1 aromatic rings. The van der Waals surface area contributed by atoms with E-state index in [4.69, 9.17) is 5.73 Å². The summed E-state index contributed by atoms with van der Waals surface area (Å²) < 4.78 is 0.928. The molecule has 5 heteroatoms. The van der Waals surface area contributed by atoms with Gasteiger partial charge in [-0.3, -0.25) is 4.79 Å². The predicted octanol–water partition coefficient (Wildman–Crippen LogP) is 1.96. The minimum absolute atomic E-state index is 0.267. The van der Waals surface area contributed by atoms with Crippen molar-refractivity contribution in [1.29, 1.82) is 0 Å². The molecule has 3 N–H and O–H groups in total. The standard InChI is InChI=1S/C13H17BrN2O2/c1-8(17)10-5-4-9(14)7-12(10)16-6-2-3-11(16)13(15)18/h4-5,7-8,11,17H,2-3,6H2,1H3,(H2,15,18). The largest absolute Gasteiger partial charge is 0.389 e. The molecule has 0 spiro atoms. The zero-order chi connectivity index (χ0) is 13.3. The summed E-state index contributed by atoms with van der Waals surface area (Å²) in [5.41, 5.74) is 7.15. The molecule has 1 saturated heterocycles. The summed E-state index contributed by atoms with van der Waals surface area (Å²) >= 11 is 3.43. The Morgan fingerprint density at radius 1 is 1.61 bits per heavy atom. The molecule has 18 heavy (non-hydrogen) atoms. The van der Waals surface area contributed by atoms with Gasteiger partial charge in [-0.2, -0.15) is 0 Å². The molecule has 1 aromatic carbocycles. The molecule has 0 aromatic heterocycles. The summed E-state index contributed by atoms with van der Waals surface area (Å²) in [7, 11) is 0. The maximum absolute atomic E-state index is 11.5. The van der Waals surface area contributed by atoms with Crippen molar-refractivity contribution in [2.75, 3.05) is 11.4 Å². The van der Waals surface area contributed by atoms with E-state index in [-0.39, 0.29) is 11.9 Å². The number of anilines is 1. The Balaban J connectivity index is 2.42. The minimum Gasteiger partial charge on any atom is -0.389 e. The molecule has 4 nitrogen and oxygen atoms in total. The Bertz CT molecular complexity index is 462. The number of nitrogens with two attached hydrogens (primary N) is 1. The average molecular weight is 313 g/mol. The van der Waals surface area contributed by atoms with Gasteiger partial charge < -0.3 is 15.7 Å². The molecule has 2 atom stereocenters. The van der Waals surface area contributed by atoms with E-state index in [0.717, 1.165) is 35.1 Å². The van der Waals surface area contributed by atoms with Crippen LogP contribution in [0.2, 0.25) is 0 Å². The van der Waals surface area contributed by atoms with Crippen LogP contribution in [0.3, 0.4) is 0 Å². The summed E-state index contributed by atoms with van der Waals surface area (Å²) in [5, 5.41) is 9.82. The number of halogens is 1. The van der Waals surface area contributed by atoms with E-state index in [0.29, 0.717) is 0 Å². The Hall–Kier alpha value is -1.07. The van der Waals surface area contributed by atoms with E-state index in [1.165, 1.54) is 0 Å². The second-order valence-corrected chi connectivity index (χ2v) is 5.55. The third-order valence-corrected chi connectivity index (χ3v) is 3.83. The lowest BCUT2D eigenvalue weighted by atomic mass is 10.1. The molecule has 1 aliphatic heterocycles. The number of carbonyl (C=O) groups excluding carboxylic acids is 1. The molecule has 1 aliphatic rings. The van der Waals surface area contributed by atoms with Crippen molar-refractivity contribution in [2.45, 2.75) is 31.9 Å². The number of amides is 1. The van der Waals surface area contributed by atoms with E-state index in [1.54, 1.807) is 6.92 Å². The molecule has 1 fully saturated rings. The van der Waals surface area contributed by atoms with Crippen molar-refractivity contribution in [1.82, 2.24) is 0 Å². The van der Waals surface area contributed by atoms with Crippen LogP contribution in [0.5, 0.6) is 0 Å². The van der Waals surface area contributed by atoms with Gasteiger partial charge in [-0.1, -0.05) is 22.0 Å². The Labute approximate surface area is 115 Å². The first-order chi connectivity index (χ1) is 8.50. The van der Waals surface area contributed by atoms with Crippen LogP contribution in [-0.2, 0) is 4.79 Å². The number of aliphatic hydroxyl groups is 1. The number of hydrogen-bond acceptors (Lipinski definition) is 3. The van der Waals surface area contributed by atoms with Crippen molar-refractivity contribution in [3.05, 3.63) is 28.2 Å². The van der Waals surface area contributed by atoms with Crippen molar-refractivity contribution >= 4 is 27.5 Å². The fraction of sp³-hybridized carbons (Fsp3) is 0.462. The summed E-state index contributed by atoms with van der Waals surface area (Å²) in [6.07, 6.45) is 1.16. The second kappa shape index (κ2) is 5.28. The van der Waals surface area contributed by atoms with Gasteiger partial charge in [0, 0.05) is 22.3 Å². The maximum atomic E-state index is 11.5. The summed E-state index contributed by atoms with van der Waals surface area (Å²) in [4.78, 5) is 13.5. The molecule has 2 rings (SSSR count). The van der Waals surface area contributed by atoms with E-state index in [9.17, 15) is 9.90 Å². The molecular formula is C13H17BrN2O2. The van der Waals surface area contributed by atoms with Gasteiger partial charge in [-0.15, -0.1) is 0 Å². The third kappa shape index (κ3) is 2.52. The molecule has 2 unspecified atom stereocenters. The van der Waals surface area contributed by atoms with Crippen LogP contribution in [0.15, 0.2) is 22.7 Å². The highest BCUT2D eigenvalue weighted by Crippen LogP contribution is 2.34. The molecule has 98 valence electrons. The number of hydrogen-bond donors (Lipinski definition) is 2. The Morgan fingerprint density at radius 3 is 2.94 bits per heavy atom. The number of rotatable bonds is 3. The van der Waals surface area contributed by atoms with Crippen molar-refractivity contribution in [3.63, 3.8) is 0 Å². The zero-order valence-corrected chi connectivity index (χ0v) is 11.9. The Kier molecular flexibility index (Phi) is 3.92. The molecule has 1 heterocycles. The van der Waals surface area contributed by atoms with Crippen molar-refractivity contribution in [3.8, 4) is 0 Å². The lowest BCUT2D eigenvalue weighted by molar-refractivity contribution is -0.119. The monoisotopic (exact) mass is 312 g/mol. The minimum atomic E-state index is -0.567. The molecule has 0 bridgehead atoms. The zero-order valence-electron chi connectivity index (χ0n) is 10.3. The van der Waals surface area contributed by atoms with Gasteiger partial charge in [0.2, 0.25) is 5.91 Å². The lowest BCUT2D eigenvalue weighted by Crippen LogP contribution is -2.40. The van der Waals surface area contributed by atoms with Gasteiger partial charge in [0.25, 0.3) is 0 Å². The van der Waals surface area contributed by atoms with Crippen LogP contribution in [0.25, 0.3) is 0 Å². The summed E-state index contributed by atoms with van der Waals surface area (Å²) in [6.45, 7) is 2.52. The first-order valence-corrected chi connectivity index (χ1v) is 6.83. The fourth-order valence-electron chi connectivity index (χ4n) is 2.47. The van der Waals surface area contributed by atoms with Crippen LogP contribution < -0.4 is 10.6 Å². The number of nitrogens with zero attached hydrogens (tertiary/aromatic N) is 1. The average Bonchev–Trinajstić information content (AvgIpc) is 2.77. The van der Waals surface area contributed by atoms with Gasteiger partial charge in [0.05, 0.1) is 6.10 Å². The number of primary amides is 1. The van der Waals surface area contributed by atoms with Gasteiger partial charge in [0.15, 0.2) is 0 Å². The third-order valence-electron chi connectivity index (χ3n) is 3.33. The second-order valence-electron chi connectivity index (χ2n) is 4.63. The van der Waals surface area contributed by atoms with Crippen LogP contribution >= 0.6 is 15.9 Å². The van der Waals surface area contributed by atoms with Gasteiger partial charge >= 0.3 is 0 Å². The lowest BCUT2D eigenvalue weighted by Gasteiger charge is -2.28. The van der Waals surface area contributed by atoms with E-state index < -0.39 is 6.10 Å². The summed E-state index contributed by atoms with van der Waals surface area (Å²) in [6, 6.07) is 5.43. The van der Waals surface area contributed by atoms with Crippen molar-refractivity contribution in [2.24, 2.45) is 5.73 Å². The maximum Gasteiger partial charge on any atom is 0.240 e. The molecule has 0 aliphatic carbocycles. The fourth-order valence-corrected chi connectivity index (χ4v) is 2.82. The van der Waals surface area contributed by atoms with Gasteiger partial charge in [-0.05, 0) is 31.9 Å². The summed E-state index contributed by atoms with van der Waals surface area (Å²) in [5.74, 6) is -0.302. The van der Waals surface area contributed by atoms with Crippen LogP contribution in [0, 0.1) is 0 Å². The van der Waals surface area contributed by atoms with E-state index >= 15 is 0 Å². The highest BCUT2D eigenvalue weighted by molar-refractivity contribution is 9.10. The van der Waals surface area contributed by atoms with Gasteiger partial charge in [0.1, 0.15) is 6.04 Å². The number of aliphatic hydroxyl groups excluding tert-OH is 1. The first-order valence-electron chi connectivity index (χ1n) is 6.04. The van der Waals surface area contributed by atoms with E-state index in [2.05, 4.69) is 15.9 Å². The number of carbonyl (C=O) groups is 1. The first kappa shape index (κ1) is 13.4. The van der Waals surface area contributed by atoms with Crippen LogP contribution in [-0.4, -0.2) is 23.6 Å². The highest BCUT2D eigenvalue weighted by atomic mass is 79.9. The molecular weight excluding hydrogens is 296 g/mol. The molecule has 0 saturated carbocycles. The number of benzene rings is 1. The van der Waals surface area contributed by atoms with Gasteiger partial charge in [-0.25, -0.2) is 0 Å². The Morgan fingerprint density at radius 2 is 2.33 bits per heavy atom. The topological polar surface area (TPSA) is 66.6 Å². The van der Waals surface area contributed by atoms with Crippen LogP contribution in [0.4, 0.5) is 5.69 Å². The highest BCUT2D eigenvalue weighted by Gasteiger charge is 2.31. The SMILES string of the molecule is CC(O)c1ccc(Br)cc1N1CCCC1C(N)=O. The smallest absolute Gasteiger partial charge is 0.240 e.